The summed E-state index contributed by atoms with van der Waals surface area (Å²) >= 11 is 0. The third kappa shape index (κ3) is 6.75. The Hall–Kier alpha value is -2.99. The van der Waals surface area contributed by atoms with Crippen molar-refractivity contribution in [3.8, 4) is 0 Å². The van der Waals surface area contributed by atoms with Gasteiger partial charge in [0.25, 0.3) is 5.91 Å². The molecule has 2 aromatic carbocycles. The Morgan fingerprint density at radius 2 is 1.55 bits per heavy atom. The zero-order valence-electron chi connectivity index (χ0n) is 17.2. The minimum Gasteiger partial charge on any atom is -0.339 e. The van der Waals surface area contributed by atoms with E-state index in [4.69, 9.17) is 0 Å². The van der Waals surface area contributed by atoms with Gasteiger partial charge in [0.2, 0.25) is 15.9 Å². The molecule has 2 amide bonds. The molecule has 1 aliphatic rings. The Morgan fingerprint density at radius 3 is 2.09 bits per heavy atom. The summed E-state index contributed by atoms with van der Waals surface area (Å²) in [5.74, 6) is -1.37. The van der Waals surface area contributed by atoms with Gasteiger partial charge in [-0.2, -0.15) is 13.2 Å². The second-order valence-corrected chi connectivity index (χ2v) is 9.29. The predicted octanol–water partition coefficient (Wildman–Crippen LogP) is 3.16. The molecule has 1 saturated heterocycles. The molecule has 178 valence electrons. The molecule has 33 heavy (non-hydrogen) atoms. The second-order valence-electron chi connectivity index (χ2n) is 7.53. The van der Waals surface area contributed by atoms with Crippen molar-refractivity contribution in [3.05, 3.63) is 59.9 Å². The van der Waals surface area contributed by atoms with Crippen molar-refractivity contribution < 1.29 is 35.6 Å². The molecule has 0 saturated carbocycles. The molecule has 12 heteroatoms. The van der Waals surface area contributed by atoms with Gasteiger partial charge in [-0.15, -0.1) is 0 Å². The Balaban J connectivity index is 1.52. The van der Waals surface area contributed by atoms with Crippen LogP contribution in [0.3, 0.4) is 0 Å². The first-order valence-corrected chi connectivity index (χ1v) is 11.4. The van der Waals surface area contributed by atoms with Crippen molar-refractivity contribution >= 4 is 27.5 Å². The van der Waals surface area contributed by atoms with Gasteiger partial charge in [-0.1, -0.05) is 0 Å². The van der Waals surface area contributed by atoms with E-state index in [9.17, 15) is 35.6 Å². The van der Waals surface area contributed by atoms with Gasteiger partial charge < -0.3 is 10.2 Å². The molecule has 0 atom stereocenters. The van der Waals surface area contributed by atoms with Crippen molar-refractivity contribution in [2.24, 2.45) is 5.92 Å². The van der Waals surface area contributed by atoms with Gasteiger partial charge in [-0.05, 0) is 61.4 Å². The number of carbonyl (C=O) groups is 2. The van der Waals surface area contributed by atoms with Crippen molar-refractivity contribution in [2.45, 2.75) is 23.9 Å². The number of anilines is 1. The molecule has 0 aromatic heterocycles. The molecule has 3 rings (SSSR count). The van der Waals surface area contributed by atoms with Crippen LogP contribution in [-0.4, -0.2) is 50.9 Å². The normalized spacial score (nSPS) is 15.3. The molecular weight excluding hydrogens is 466 g/mol. The number of likely N-dealkylation sites (tertiary alicyclic amines) is 1. The number of hydrogen-bond donors (Lipinski definition) is 2. The molecule has 0 radical (unpaired) electrons. The van der Waals surface area contributed by atoms with Gasteiger partial charge in [0.05, 0.1) is 4.90 Å². The first-order valence-electron chi connectivity index (χ1n) is 9.97. The molecule has 2 N–H and O–H groups in total. The summed E-state index contributed by atoms with van der Waals surface area (Å²) in [6.45, 7) is -0.997. The number of amides is 2. The highest BCUT2D eigenvalue weighted by atomic mass is 32.2. The summed E-state index contributed by atoms with van der Waals surface area (Å²) in [4.78, 5) is 26.2. The monoisotopic (exact) mass is 487 g/mol. The molecule has 1 fully saturated rings. The van der Waals surface area contributed by atoms with Crippen LogP contribution in [0.25, 0.3) is 0 Å². The Labute approximate surface area is 187 Å². The van der Waals surface area contributed by atoms with Crippen LogP contribution in [0.1, 0.15) is 23.2 Å². The fourth-order valence-electron chi connectivity index (χ4n) is 3.34. The van der Waals surface area contributed by atoms with Gasteiger partial charge in [0.15, 0.2) is 0 Å². The predicted molar refractivity (Wildman–Crippen MR) is 111 cm³/mol. The average Bonchev–Trinajstić information content (AvgIpc) is 2.78. The van der Waals surface area contributed by atoms with Crippen LogP contribution in [0.4, 0.5) is 23.2 Å². The molecule has 1 aliphatic heterocycles. The van der Waals surface area contributed by atoms with Crippen molar-refractivity contribution in [3.63, 3.8) is 0 Å². The Bertz CT molecular complexity index is 1100. The standard InChI is InChI=1S/C21H21F4N3O4S/c22-16-3-1-15(2-4-16)20(30)28-11-9-14(10-12-28)19(29)27-17-5-7-18(8-6-17)33(31,32)26-13-21(23,24)25/h1-8,14,26H,9-13H2,(H,27,29). The lowest BCUT2D eigenvalue weighted by atomic mass is 9.95. The molecule has 7 nitrogen and oxygen atoms in total. The summed E-state index contributed by atoms with van der Waals surface area (Å²) in [5, 5.41) is 2.65. The number of nitrogens with zero attached hydrogens (tertiary/aromatic N) is 1. The molecular formula is C21H21F4N3O4S. The van der Waals surface area contributed by atoms with Gasteiger partial charge in [0.1, 0.15) is 12.4 Å². The number of carbonyl (C=O) groups excluding carboxylic acids is 2. The Morgan fingerprint density at radius 1 is 0.970 bits per heavy atom. The second kappa shape index (κ2) is 9.87. The minimum absolute atomic E-state index is 0.246. The number of hydrogen-bond acceptors (Lipinski definition) is 4. The third-order valence-corrected chi connectivity index (χ3v) is 6.56. The number of alkyl halides is 3. The zero-order valence-corrected chi connectivity index (χ0v) is 18.0. The number of nitrogens with one attached hydrogen (secondary N) is 2. The SMILES string of the molecule is O=C(Nc1ccc(S(=O)(=O)NCC(F)(F)F)cc1)C1CCN(C(=O)c2ccc(F)cc2)CC1. The quantitative estimate of drug-likeness (QED) is 0.612. The van der Waals surface area contributed by atoms with E-state index in [2.05, 4.69) is 5.32 Å². The maximum Gasteiger partial charge on any atom is 0.402 e. The lowest BCUT2D eigenvalue weighted by Gasteiger charge is -2.31. The summed E-state index contributed by atoms with van der Waals surface area (Å²) in [6, 6.07) is 9.97. The Kier molecular flexibility index (Phi) is 7.38. The molecule has 0 bridgehead atoms. The van der Waals surface area contributed by atoms with Crippen LogP contribution in [0.2, 0.25) is 0 Å². The zero-order chi connectivity index (χ0) is 24.2. The summed E-state index contributed by atoms with van der Waals surface area (Å²) < 4.78 is 75.1. The maximum absolute atomic E-state index is 13.0. The number of benzene rings is 2. The van der Waals surface area contributed by atoms with Crippen molar-refractivity contribution in [2.75, 3.05) is 25.0 Å². The molecule has 0 aliphatic carbocycles. The molecule has 1 heterocycles. The largest absolute Gasteiger partial charge is 0.402 e. The fourth-order valence-corrected chi connectivity index (χ4v) is 4.36. The van der Waals surface area contributed by atoms with Crippen LogP contribution >= 0.6 is 0 Å². The van der Waals surface area contributed by atoms with E-state index in [1.807, 2.05) is 0 Å². The number of sulfonamides is 1. The maximum atomic E-state index is 13.0. The van der Waals surface area contributed by atoms with Gasteiger partial charge in [-0.25, -0.2) is 17.5 Å². The lowest BCUT2D eigenvalue weighted by Crippen LogP contribution is -2.41. The molecule has 0 unspecified atom stereocenters. The van der Waals surface area contributed by atoms with Crippen molar-refractivity contribution in [1.82, 2.24) is 9.62 Å². The van der Waals surface area contributed by atoms with E-state index in [1.165, 1.54) is 41.1 Å². The minimum atomic E-state index is -4.68. The smallest absolute Gasteiger partial charge is 0.339 e. The first-order chi connectivity index (χ1) is 15.4. The van der Waals surface area contributed by atoms with Crippen LogP contribution in [0, 0.1) is 11.7 Å². The molecule has 2 aromatic rings. The van der Waals surface area contributed by atoms with E-state index < -0.39 is 28.6 Å². The van der Waals surface area contributed by atoms with Gasteiger partial charge >= 0.3 is 6.18 Å². The van der Waals surface area contributed by atoms with Gasteiger partial charge in [-0.3, -0.25) is 9.59 Å². The van der Waals surface area contributed by atoms with Crippen LogP contribution < -0.4 is 10.0 Å². The van der Waals surface area contributed by atoms with E-state index in [1.54, 1.807) is 4.90 Å². The van der Waals surface area contributed by atoms with Crippen LogP contribution in [0.15, 0.2) is 53.4 Å². The molecule has 0 spiro atoms. The first kappa shape index (κ1) is 24.6. The van der Waals surface area contributed by atoms with Gasteiger partial charge in [0, 0.05) is 30.3 Å². The highest BCUT2D eigenvalue weighted by molar-refractivity contribution is 7.89. The van der Waals surface area contributed by atoms with Crippen LogP contribution in [-0.2, 0) is 14.8 Å². The third-order valence-electron chi connectivity index (χ3n) is 5.14. The van der Waals surface area contributed by atoms with E-state index >= 15 is 0 Å². The fraction of sp³-hybridized carbons (Fsp3) is 0.333. The summed E-state index contributed by atoms with van der Waals surface area (Å²) in [6.07, 6.45) is -3.86. The van der Waals surface area contributed by atoms with E-state index in [0.717, 1.165) is 12.1 Å². The summed E-state index contributed by atoms with van der Waals surface area (Å²) in [7, 11) is -4.34. The van der Waals surface area contributed by atoms with E-state index in [-0.39, 0.29) is 22.6 Å². The number of halogens is 4. The van der Waals surface area contributed by atoms with E-state index in [0.29, 0.717) is 37.2 Å². The van der Waals surface area contributed by atoms with Crippen molar-refractivity contribution in [1.29, 1.82) is 0 Å². The number of piperidine rings is 1. The summed E-state index contributed by atoms with van der Waals surface area (Å²) in [5.41, 5.74) is 0.652. The average molecular weight is 487 g/mol. The highest BCUT2D eigenvalue weighted by Crippen LogP contribution is 2.22. The van der Waals surface area contributed by atoms with Crippen LogP contribution in [0.5, 0.6) is 0 Å². The number of rotatable bonds is 6. The highest BCUT2D eigenvalue weighted by Gasteiger charge is 2.30. The topological polar surface area (TPSA) is 95.6 Å². The lowest BCUT2D eigenvalue weighted by molar-refractivity contribution is -0.122.